The van der Waals surface area contributed by atoms with E-state index in [0.29, 0.717) is 17.3 Å². The van der Waals surface area contributed by atoms with Gasteiger partial charge in [0.05, 0.1) is 12.8 Å². The van der Waals surface area contributed by atoms with Crippen molar-refractivity contribution in [3.63, 3.8) is 0 Å². The van der Waals surface area contributed by atoms with Crippen molar-refractivity contribution in [1.82, 2.24) is 9.88 Å². The fourth-order valence-corrected chi connectivity index (χ4v) is 3.30. The topological polar surface area (TPSA) is 55.3 Å². The van der Waals surface area contributed by atoms with E-state index in [4.69, 9.17) is 16.3 Å². The number of benzene rings is 2. The molecule has 5 nitrogen and oxygen atoms in total. The highest BCUT2D eigenvalue weighted by atomic mass is 35.5. The Morgan fingerprint density at radius 3 is 2.63 bits per heavy atom. The number of urea groups is 1. The van der Waals surface area contributed by atoms with Crippen LogP contribution in [-0.2, 0) is 6.54 Å². The van der Waals surface area contributed by atoms with Crippen molar-refractivity contribution < 1.29 is 9.53 Å². The van der Waals surface area contributed by atoms with Gasteiger partial charge in [0.2, 0.25) is 0 Å². The molecule has 0 bridgehead atoms. The van der Waals surface area contributed by atoms with Crippen molar-refractivity contribution in [2.24, 2.45) is 0 Å². The van der Waals surface area contributed by atoms with Gasteiger partial charge in [-0.1, -0.05) is 29.8 Å². The van der Waals surface area contributed by atoms with Gasteiger partial charge in [0.25, 0.3) is 0 Å². The molecule has 0 fully saturated rings. The van der Waals surface area contributed by atoms with Crippen LogP contribution < -0.4 is 15.4 Å². The van der Waals surface area contributed by atoms with E-state index in [1.807, 2.05) is 38.1 Å². The van der Waals surface area contributed by atoms with Gasteiger partial charge in [0.15, 0.2) is 0 Å². The molecular formula is C21H22ClN3O2. The number of ether oxygens (including phenoxy) is 1. The molecule has 0 unspecified atom stereocenters. The number of nitrogens with one attached hydrogen (secondary N) is 2. The first-order valence-electron chi connectivity index (χ1n) is 8.61. The Morgan fingerprint density at radius 1 is 1.11 bits per heavy atom. The molecule has 1 heterocycles. The van der Waals surface area contributed by atoms with Crippen LogP contribution in [0.1, 0.15) is 17.0 Å². The van der Waals surface area contributed by atoms with Gasteiger partial charge in [-0.05, 0) is 55.8 Å². The second-order valence-corrected chi connectivity index (χ2v) is 6.66. The Kier molecular flexibility index (Phi) is 5.72. The van der Waals surface area contributed by atoms with E-state index in [0.717, 1.165) is 28.4 Å². The van der Waals surface area contributed by atoms with Gasteiger partial charge >= 0.3 is 6.03 Å². The molecule has 140 valence electrons. The highest BCUT2D eigenvalue weighted by Gasteiger charge is 2.14. The third-order valence-electron chi connectivity index (χ3n) is 4.38. The van der Waals surface area contributed by atoms with E-state index in [1.165, 1.54) is 0 Å². The van der Waals surface area contributed by atoms with Gasteiger partial charge in [0, 0.05) is 28.6 Å². The predicted octanol–water partition coefficient (Wildman–Crippen LogP) is 5.08. The number of para-hydroxylation sites is 2. The third kappa shape index (κ3) is 4.26. The normalized spacial score (nSPS) is 10.5. The van der Waals surface area contributed by atoms with Crippen LogP contribution in [0.5, 0.6) is 5.75 Å². The van der Waals surface area contributed by atoms with Crippen molar-refractivity contribution >= 4 is 23.3 Å². The van der Waals surface area contributed by atoms with Crippen molar-refractivity contribution in [2.45, 2.75) is 20.4 Å². The van der Waals surface area contributed by atoms with Crippen LogP contribution in [0, 0.1) is 13.8 Å². The summed E-state index contributed by atoms with van der Waals surface area (Å²) in [6.07, 6.45) is 0. The molecule has 27 heavy (non-hydrogen) atoms. The summed E-state index contributed by atoms with van der Waals surface area (Å²) in [5.74, 6) is 0.803. The van der Waals surface area contributed by atoms with Gasteiger partial charge in [-0.25, -0.2) is 4.79 Å². The monoisotopic (exact) mass is 383 g/mol. The summed E-state index contributed by atoms with van der Waals surface area (Å²) in [7, 11) is 1.66. The summed E-state index contributed by atoms with van der Waals surface area (Å²) in [6.45, 7) is 4.49. The minimum absolute atomic E-state index is 0.278. The molecule has 0 saturated heterocycles. The van der Waals surface area contributed by atoms with E-state index < -0.39 is 0 Å². The van der Waals surface area contributed by atoms with Crippen molar-refractivity contribution in [3.8, 4) is 11.4 Å². The first-order valence-corrected chi connectivity index (χ1v) is 8.99. The smallest absolute Gasteiger partial charge is 0.319 e. The van der Waals surface area contributed by atoms with E-state index >= 15 is 0 Å². The molecule has 2 N–H and O–H groups in total. The summed E-state index contributed by atoms with van der Waals surface area (Å²) in [6, 6.07) is 16.7. The highest BCUT2D eigenvalue weighted by molar-refractivity contribution is 6.30. The van der Waals surface area contributed by atoms with Gasteiger partial charge in [-0.3, -0.25) is 0 Å². The Hall–Kier alpha value is -2.92. The molecule has 3 aromatic rings. The van der Waals surface area contributed by atoms with E-state index in [-0.39, 0.29) is 6.03 Å². The highest BCUT2D eigenvalue weighted by Crippen LogP contribution is 2.27. The number of carbonyl (C=O) groups excluding carboxylic acids is 1. The van der Waals surface area contributed by atoms with Crippen molar-refractivity contribution in [1.29, 1.82) is 0 Å². The number of aryl methyl sites for hydroxylation is 1. The lowest BCUT2D eigenvalue weighted by molar-refractivity contribution is 0.251. The van der Waals surface area contributed by atoms with Gasteiger partial charge in [-0.15, -0.1) is 0 Å². The van der Waals surface area contributed by atoms with Crippen LogP contribution in [0.3, 0.4) is 0 Å². The molecule has 3 rings (SSSR count). The molecule has 2 amide bonds. The predicted molar refractivity (Wildman–Crippen MR) is 109 cm³/mol. The average molecular weight is 384 g/mol. The number of amides is 2. The van der Waals surface area contributed by atoms with E-state index in [1.54, 1.807) is 31.4 Å². The molecule has 2 aromatic carbocycles. The SMILES string of the molecule is COc1ccccc1-n1c(C)cc(CNC(=O)Nc2cccc(Cl)c2)c1C. The minimum atomic E-state index is -0.278. The maximum atomic E-state index is 12.2. The summed E-state index contributed by atoms with van der Waals surface area (Å²) in [5.41, 5.74) is 4.80. The first-order chi connectivity index (χ1) is 13.0. The van der Waals surface area contributed by atoms with Crippen molar-refractivity contribution in [3.05, 3.63) is 76.6 Å². The van der Waals surface area contributed by atoms with Gasteiger partial charge < -0.3 is 19.9 Å². The largest absolute Gasteiger partial charge is 0.495 e. The van der Waals surface area contributed by atoms with Crippen LogP contribution in [-0.4, -0.2) is 17.7 Å². The quantitative estimate of drug-likeness (QED) is 0.645. The molecule has 0 atom stereocenters. The van der Waals surface area contributed by atoms with E-state index in [2.05, 4.69) is 21.3 Å². The Bertz CT molecular complexity index is 966. The summed E-state index contributed by atoms with van der Waals surface area (Å²) in [5, 5.41) is 6.25. The molecule has 0 spiro atoms. The minimum Gasteiger partial charge on any atom is -0.495 e. The van der Waals surface area contributed by atoms with Crippen molar-refractivity contribution in [2.75, 3.05) is 12.4 Å². The maximum absolute atomic E-state index is 12.2. The van der Waals surface area contributed by atoms with Gasteiger partial charge in [-0.2, -0.15) is 0 Å². The number of aromatic nitrogens is 1. The fourth-order valence-electron chi connectivity index (χ4n) is 3.11. The zero-order chi connectivity index (χ0) is 19.4. The van der Waals surface area contributed by atoms with Crippen LogP contribution in [0.15, 0.2) is 54.6 Å². The second-order valence-electron chi connectivity index (χ2n) is 6.22. The molecule has 0 aliphatic carbocycles. The molecule has 0 aliphatic rings. The van der Waals surface area contributed by atoms with Crippen LogP contribution in [0.2, 0.25) is 5.02 Å². The van der Waals surface area contributed by atoms with Crippen LogP contribution in [0.4, 0.5) is 10.5 Å². The number of hydrogen-bond donors (Lipinski definition) is 2. The molecule has 0 saturated carbocycles. The lowest BCUT2D eigenvalue weighted by atomic mass is 10.2. The van der Waals surface area contributed by atoms with Crippen LogP contribution >= 0.6 is 11.6 Å². The lowest BCUT2D eigenvalue weighted by Crippen LogP contribution is -2.28. The number of halogens is 1. The Balaban J connectivity index is 1.74. The summed E-state index contributed by atoms with van der Waals surface area (Å²) < 4.78 is 7.61. The second kappa shape index (κ2) is 8.18. The average Bonchev–Trinajstić information content (AvgIpc) is 2.93. The zero-order valence-electron chi connectivity index (χ0n) is 15.5. The Morgan fingerprint density at radius 2 is 1.89 bits per heavy atom. The Labute approximate surface area is 163 Å². The summed E-state index contributed by atoms with van der Waals surface area (Å²) >= 11 is 5.94. The summed E-state index contributed by atoms with van der Waals surface area (Å²) in [4.78, 5) is 12.2. The molecular weight excluding hydrogens is 362 g/mol. The fraction of sp³-hybridized carbons (Fsp3) is 0.190. The van der Waals surface area contributed by atoms with E-state index in [9.17, 15) is 4.79 Å². The first kappa shape index (κ1) is 18.9. The molecule has 0 aliphatic heterocycles. The number of nitrogens with zero attached hydrogens (tertiary/aromatic N) is 1. The number of hydrogen-bond acceptors (Lipinski definition) is 2. The third-order valence-corrected chi connectivity index (χ3v) is 4.62. The maximum Gasteiger partial charge on any atom is 0.319 e. The number of rotatable bonds is 5. The van der Waals surface area contributed by atoms with Crippen LogP contribution in [0.25, 0.3) is 5.69 Å². The lowest BCUT2D eigenvalue weighted by Gasteiger charge is -2.14. The standard InChI is InChI=1S/C21H22ClN3O2/c1-14-11-16(13-23-21(26)24-18-8-6-7-17(22)12-18)15(2)25(14)19-9-4-5-10-20(19)27-3/h4-12H,13H2,1-3H3,(H2,23,24,26). The van der Waals surface area contributed by atoms with Gasteiger partial charge in [0.1, 0.15) is 5.75 Å². The number of carbonyl (C=O) groups is 1. The molecule has 6 heteroatoms. The zero-order valence-corrected chi connectivity index (χ0v) is 16.3. The number of methoxy groups -OCH3 is 1. The molecule has 1 aromatic heterocycles. The molecule has 0 radical (unpaired) electrons. The number of anilines is 1.